The lowest BCUT2D eigenvalue weighted by Gasteiger charge is -2.17. The van der Waals surface area contributed by atoms with Crippen molar-refractivity contribution >= 4 is 23.0 Å². The molecule has 0 saturated carbocycles. The SMILES string of the molecule is O=c1ccn(C2CCC(C(O)OI)O2)c(=O)[nH]1. The Hall–Kier alpha value is -0.710. The first-order valence-corrected chi connectivity index (χ1v) is 5.92. The van der Waals surface area contributed by atoms with Crippen molar-refractivity contribution in [1.29, 1.82) is 0 Å². The molecule has 2 rings (SSSR count). The zero-order chi connectivity index (χ0) is 12.4. The van der Waals surface area contributed by atoms with Gasteiger partial charge in [0, 0.05) is 12.3 Å². The quantitative estimate of drug-likeness (QED) is 0.584. The molecule has 1 aliphatic heterocycles. The predicted octanol–water partition coefficient (Wildman–Crippen LogP) is -0.101. The number of rotatable bonds is 3. The normalized spacial score (nSPS) is 26.0. The van der Waals surface area contributed by atoms with Gasteiger partial charge in [-0.2, -0.15) is 0 Å². The van der Waals surface area contributed by atoms with Crippen LogP contribution in [0.4, 0.5) is 0 Å². The maximum Gasteiger partial charge on any atom is 0.330 e. The van der Waals surface area contributed by atoms with E-state index >= 15 is 0 Å². The van der Waals surface area contributed by atoms with Crippen LogP contribution in [0, 0.1) is 0 Å². The van der Waals surface area contributed by atoms with Crippen molar-refractivity contribution in [3.8, 4) is 0 Å². The van der Waals surface area contributed by atoms with Crippen LogP contribution in [0.5, 0.6) is 0 Å². The summed E-state index contributed by atoms with van der Waals surface area (Å²) >= 11 is 1.59. The van der Waals surface area contributed by atoms with Crippen LogP contribution in [0.25, 0.3) is 0 Å². The number of aliphatic hydroxyl groups is 1. The van der Waals surface area contributed by atoms with Gasteiger partial charge in [0.2, 0.25) is 0 Å². The molecule has 1 saturated heterocycles. The molecule has 8 heteroatoms. The molecule has 1 aromatic rings. The number of hydrogen-bond acceptors (Lipinski definition) is 5. The van der Waals surface area contributed by atoms with Gasteiger partial charge < -0.3 is 9.84 Å². The van der Waals surface area contributed by atoms with E-state index < -0.39 is 29.9 Å². The van der Waals surface area contributed by atoms with Crippen molar-refractivity contribution in [2.45, 2.75) is 31.5 Å². The summed E-state index contributed by atoms with van der Waals surface area (Å²) in [6.45, 7) is 0. The molecule has 3 atom stereocenters. The molecule has 17 heavy (non-hydrogen) atoms. The second kappa shape index (κ2) is 5.29. The summed E-state index contributed by atoms with van der Waals surface area (Å²) in [5.74, 6) is 0. The van der Waals surface area contributed by atoms with Gasteiger partial charge in [0.05, 0.1) is 0 Å². The lowest BCUT2D eigenvalue weighted by molar-refractivity contribution is -0.121. The Morgan fingerprint density at radius 2 is 2.35 bits per heavy atom. The van der Waals surface area contributed by atoms with Crippen molar-refractivity contribution in [3.63, 3.8) is 0 Å². The first-order valence-electron chi connectivity index (χ1n) is 5.04. The average molecular weight is 354 g/mol. The fourth-order valence-corrected chi connectivity index (χ4v) is 2.10. The molecule has 2 N–H and O–H groups in total. The first kappa shape index (κ1) is 12.7. The fraction of sp³-hybridized carbons (Fsp3) is 0.556. The fourth-order valence-electron chi connectivity index (χ4n) is 1.77. The first-order chi connectivity index (χ1) is 8.11. The topological polar surface area (TPSA) is 93.6 Å². The molecule has 3 unspecified atom stereocenters. The minimum atomic E-state index is -1.01. The summed E-state index contributed by atoms with van der Waals surface area (Å²) in [4.78, 5) is 24.6. The molecule has 1 aromatic heterocycles. The Morgan fingerprint density at radius 1 is 1.59 bits per heavy atom. The zero-order valence-corrected chi connectivity index (χ0v) is 10.9. The number of nitrogens with one attached hydrogen (secondary N) is 1. The van der Waals surface area contributed by atoms with E-state index in [1.54, 1.807) is 23.0 Å². The molecule has 0 radical (unpaired) electrons. The highest BCUT2D eigenvalue weighted by molar-refractivity contribution is 14.1. The molecular weight excluding hydrogens is 343 g/mol. The van der Waals surface area contributed by atoms with Crippen LogP contribution in [0.15, 0.2) is 21.9 Å². The molecule has 2 heterocycles. The summed E-state index contributed by atoms with van der Waals surface area (Å²) in [7, 11) is 0. The van der Waals surface area contributed by atoms with Crippen LogP contribution < -0.4 is 11.2 Å². The summed E-state index contributed by atoms with van der Waals surface area (Å²) in [6, 6.07) is 1.25. The van der Waals surface area contributed by atoms with Crippen molar-refractivity contribution in [2.75, 3.05) is 0 Å². The van der Waals surface area contributed by atoms with E-state index in [1.165, 1.54) is 16.8 Å². The second-order valence-corrected chi connectivity index (χ2v) is 4.21. The highest BCUT2D eigenvalue weighted by atomic mass is 127. The van der Waals surface area contributed by atoms with E-state index in [4.69, 9.17) is 7.80 Å². The van der Waals surface area contributed by atoms with Crippen molar-refractivity contribution in [1.82, 2.24) is 9.55 Å². The summed E-state index contributed by atoms with van der Waals surface area (Å²) in [5, 5.41) is 9.44. The third-order valence-corrected chi connectivity index (χ3v) is 3.12. The number of H-pyrrole nitrogens is 1. The lowest BCUT2D eigenvalue weighted by Crippen LogP contribution is -2.32. The lowest BCUT2D eigenvalue weighted by atomic mass is 10.2. The largest absolute Gasteiger partial charge is 0.365 e. The van der Waals surface area contributed by atoms with Crippen LogP contribution in [-0.2, 0) is 7.80 Å². The van der Waals surface area contributed by atoms with Gasteiger partial charge in [0.25, 0.3) is 5.56 Å². The van der Waals surface area contributed by atoms with Gasteiger partial charge >= 0.3 is 5.69 Å². The minimum absolute atomic E-state index is 0.448. The van der Waals surface area contributed by atoms with Crippen LogP contribution in [0.1, 0.15) is 19.1 Å². The van der Waals surface area contributed by atoms with Gasteiger partial charge in [0.1, 0.15) is 35.3 Å². The molecule has 94 valence electrons. The highest BCUT2D eigenvalue weighted by Crippen LogP contribution is 2.29. The average Bonchev–Trinajstić information content (AvgIpc) is 2.77. The number of hydrogen-bond donors (Lipinski definition) is 2. The molecule has 1 aliphatic rings. The van der Waals surface area contributed by atoms with Crippen LogP contribution >= 0.6 is 23.0 Å². The molecule has 0 amide bonds. The Balaban J connectivity index is 2.15. The standard InChI is InChI=1S/C9H11IN2O5/c10-17-8(14)5-1-2-7(16-5)12-4-3-6(13)11-9(12)15/h3-5,7-8,14H,1-2H2,(H,11,13,15). The Kier molecular flexibility index (Phi) is 3.97. The van der Waals surface area contributed by atoms with Gasteiger partial charge in [-0.3, -0.25) is 17.4 Å². The maximum atomic E-state index is 11.5. The molecule has 0 bridgehead atoms. The molecule has 1 fully saturated rings. The molecule has 0 aromatic carbocycles. The second-order valence-electron chi connectivity index (χ2n) is 3.70. The van der Waals surface area contributed by atoms with Gasteiger partial charge in [-0.15, -0.1) is 0 Å². The van der Waals surface area contributed by atoms with E-state index in [0.29, 0.717) is 12.8 Å². The Bertz CT molecular complexity index is 499. The van der Waals surface area contributed by atoms with Crippen molar-refractivity contribution < 1.29 is 12.9 Å². The number of nitrogens with zero attached hydrogens (tertiary/aromatic N) is 1. The molecular formula is C9H11IN2O5. The van der Waals surface area contributed by atoms with Crippen LogP contribution in [0.2, 0.25) is 0 Å². The number of ether oxygens (including phenoxy) is 1. The zero-order valence-electron chi connectivity index (χ0n) is 8.71. The van der Waals surface area contributed by atoms with Gasteiger partial charge in [-0.1, -0.05) is 0 Å². The monoisotopic (exact) mass is 354 g/mol. The van der Waals surface area contributed by atoms with Gasteiger partial charge in [-0.05, 0) is 12.8 Å². The van der Waals surface area contributed by atoms with E-state index in [2.05, 4.69) is 4.98 Å². The summed E-state index contributed by atoms with van der Waals surface area (Å²) in [5.41, 5.74) is -0.968. The van der Waals surface area contributed by atoms with Crippen molar-refractivity contribution in [2.24, 2.45) is 0 Å². The smallest absolute Gasteiger partial charge is 0.330 e. The molecule has 0 spiro atoms. The summed E-state index contributed by atoms with van der Waals surface area (Å²) < 4.78 is 11.5. The highest BCUT2D eigenvalue weighted by Gasteiger charge is 2.32. The number of aliphatic hydroxyl groups excluding tert-OH is 1. The van der Waals surface area contributed by atoms with E-state index in [9.17, 15) is 14.7 Å². The van der Waals surface area contributed by atoms with E-state index in [-0.39, 0.29) is 0 Å². The number of halogens is 1. The van der Waals surface area contributed by atoms with Crippen LogP contribution in [0.3, 0.4) is 0 Å². The Morgan fingerprint density at radius 3 is 3.00 bits per heavy atom. The maximum absolute atomic E-state index is 11.5. The van der Waals surface area contributed by atoms with Crippen molar-refractivity contribution in [3.05, 3.63) is 33.1 Å². The molecule has 7 nitrogen and oxygen atoms in total. The number of aromatic amines is 1. The van der Waals surface area contributed by atoms with E-state index in [1.807, 2.05) is 0 Å². The Labute approximate surface area is 110 Å². The van der Waals surface area contributed by atoms with Crippen LogP contribution in [-0.4, -0.2) is 27.1 Å². The predicted molar refractivity (Wildman–Crippen MR) is 65.6 cm³/mol. The van der Waals surface area contributed by atoms with Gasteiger partial charge in [-0.25, -0.2) is 4.79 Å². The minimum Gasteiger partial charge on any atom is -0.365 e. The third kappa shape index (κ3) is 2.76. The molecule has 0 aliphatic carbocycles. The number of aromatic nitrogens is 2. The van der Waals surface area contributed by atoms with E-state index in [0.717, 1.165) is 0 Å². The third-order valence-electron chi connectivity index (χ3n) is 2.60. The van der Waals surface area contributed by atoms with Gasteiger partial charge in [0.15, 0.2) is 6.29 Å². The summed E-state index contributed by atoms with van der Waals surface area (Å²) in [6.07, 6.45) is 0.583.